The van der Waals surface area contributed by atoms with Gasteiger partial charge in [-0.05, 0) is 13.8 Å². The molecule has 112 valence electrons. The van der Waals surface area contributed by atoms with E-state index >= 15 is 0 Å². The standard InChI is InChI=1S/C14H22N2O4/c1-11(15-10-14(2,17)8-9-20-3)12-6-4-5-7-13(12)16(18)19/h4-7,11,15,17H,8-10H2,1-3H3. The summed E-state index contributed by atoms with van der Waals surface area (Å²) in [7, 11) is 1.58. The second-order valence-corrected chi connectivity index (χ2v) is 5.16. The van der Waals surface area contributed by atoms with E-state index in [1.165, 1.54) is 6.07 Å². The number of rotatable bonds is 8. The average Bonchev–Trinajstić information content (AvgIpc) is 2.42. The molecule has 0 radical (unpaired) electrons. The average molecular weight is 282 g/mol. The Bertz CT molecular complexity index is 449. The minimum absolute atomic E-state index is 0.0871. The summed E-state index contributed by atoms with van der Waals surface area (Å²) in [6.07, 6.45) is 0.500. The summed E-state index contributed by atoms with van der Waals surface area (Å²) in [5.41, 5.74) is -0.211. The Hall–Kier alpha value is -1.50. The summed E-state index contributed by atoms with van der Waals surface area (Å²) in [4.78, 5) is 10.6. The number of nitrogens with zero attached hydrogens (tertiary/aromatic N) is 1. The number of nitro groups is 1. The monoisotopic (exact) mass is 282 g/mol. The van der Waals surface area contributed by atoms with Crippen LogP contribution in [0.2, 0.25) is 0 Å². The zero-order valence-corrected chi connectivity index (χ0v) is 12.1. The molecule has 1 aromatic rings. The fourth-order valence-corrected chi connectivity index (χ4v) is 1.91. The van der Waals surface area contributed by atoms with Crippen LogP contribution in [0.3, 0.4) is 0 Å². The van der Waals surface area contributed by atoms with E-state index in [1.54, 1.807) is 32.2 Å². The highest BCUT2D eigenvalue weighted by Crippen LogP contribution is 2.24. The van der Waals surface area contributed by atoms with Gasteiger partial charge < -0.3 is 15.2 Å². The molecule has 0 spiro atoms. The zero-order valence-electron chi connectivity index (χ0n) is 12.1. The van der Waals surface area contributed by atoms with E-state index in [1.807, 2.05) is 6.92 Å². The Morgan fingerprint density at radius 1 is 1.50 bits per heavy atom. The SMILES string of the molecule is COCCC(C)(O)CNC(C)c1ccccc1[N+](=O)[O-]. The number of methoxy groups -OCH3 is 1. The number of nitrogens with one attached hydrogen (secondary N) is 1. The molecule has 6 heteroatoms. The van der Waals surface area contributed by atoms with E-state index in [-0.39, 0.29) is 11.7 Å². The molecule has 0 aliphatic carbocycles. The molecule has 0 aromatic heterocycles. The van der Waals surface area contributed by atoms with Gasteiger partial charge in [0.25, 0.3) is 5.69 Å². The molecule has 6 nitrogen and oxygen atoms in total. The Morgan fingerprint density at radius 3 is 2.75 bits per heavy atom. The number of nitro benzene ring substituents is 1. The Labute approximate surface area is 118 Å². The van der Waals surface area contributed by atoms with Gasteiger partial charge in [0, 0.05) is 44.4 Å². The highest BCUT2D eigenvalue weighted by atomic mass is 16.6. The van der Waals surface area contributed by atoms with Gasteiger partial charge in [0.05, 0.1) is 10.5 Å². The lowest BCUT2D eigenvalue weighted by atomic mass is 10.0. The number of para-hydroxylation sites is 1. The van der Waals surface area contributed by atoms with Crippen molar-refractivity contribution in [1.29, 1.82) is 0 Å². The normalized spacial score (nSPS) is 15.6. The molecule has 0 saturated heterocycles. The molecule has 0 bridgehead atoms. The van der Waals surface area contributed by atoms with Crippen molar-refractivity contribution < 1.29 is 14.8 Å². The van der Waals surface area contributed by atoms with Crippen molar-refractivity contribution in [3.8, 4) is 0 Å². The van der Waals surface area contributed by atoms with E-state index in [0.29, 0.717) is 25.1 Å². The fraction of sp³-hybridized carbons (Fsp3) is 0.571. The minimum atomic E-state index is -0.909. The van der Waals surface area contributed by atoms with E-state index in [0.717, 1.165) is 0 Å². The smallest absolute Gasteiger partial charge is 0.274 e. The van der Waals surface area contributed by atoms with E-state index in [2.05, 4.69) is 5.32 Å². The van der Waals surface area contributed by atoms with Crippen molar-refractivity contribution in [2.45, 2.75) is 31.9 Å². The predicted molar refractivity (Wildman–Crippen MR) is 76.6 cm³/mol. The summed E-state index contributed by atoms with van der Waals surface area (Å²) in [5.74, 6) is 0. The van der Waals surface area contributed by atoms with Crippen LogP contribution in [0.4, 0.5) is 5.69 Å². The van der Waals surface area contributed by atoms with Crippen molar-refractivity contribution >= 4 is 5.69 Å². The molecule has 2 atom stereocenters. The van der Waals surface area contributed by atoms with Gasteiger partial charge >= 0.3 is 0 Å². The van der Waals surface area contributed by atoms with E-state index in [4.69, 9.17) is 4.74 Å². The summed E-state index contributed by atoms with van der Waals surface area (Å²) in [5, 5.41) is 24.3. The van der Waals surface area contributed by atoms with Crippen LogP contribution in [0.25, 0.3) is 0 Å². The van der Waals surface area contributed by atoms with Crippen LogP contribution < -0.4 is 5.32 Å². The molecule has 1 aromatic carbocycles. The zero-order chi connectivity index (χ0) is 15.2. The summed E-state index contributed by atoms with van der Waals surface area (Å²) in [6.45, 7) is 4.36. The number of hydrogen-bond acceptors (Lipinski definition) is 5. The molecule has 0 aliphatic heterocycles. The van der Waals surface area contributed by atoms with Crippen LogP contribution in [0.1, 0.15) is 31.9 Å². The lowest BCUT2D eigenvalue weighted by molar-refractivity contribution is -0.385. The highest BCUT2D eigenvalue weighted by Gasteiger charge is 2.23. The maximum Gasteiger partial charge on any atom is 0.274 e. The van der Waals surface area contributed by atoms with E-state index < -0.39 is 10.5 Å². The largest absolute Gasteiger partial charge is 0.389 e. The van der Waals surface area contributed by atoms with Crippen molar-refractivity contribution in [1.82, 2.24) is 5.32 Å². The second kappa shape index (κ2) is 7.33. The molecule has 2 N–H and O–H groups in total. The first-order chi connectivity index (χ1) is 9.37. The molecule has 1 rings (SSSR count). The fourth-order valence-electron chi connectivity index (χ4n) is 1.91. The van der Waals surface area contributed by atoms with Gasteiger partial charge in [0.1, 0.15) is 0 Å². The molecular formula is C14H22N2O4. The first-order valence-electron chi connectivity index (χ1n) is 6.55. The number of aliphatic hydroxyl groups is 1. The van der Waals surface area contributed by atoms with Crippen molar-refractivity contribution in [2.75, 3.05) is 20.3 Å². The van der Waals surface area contributed by atoms with Crippen LogP contribution in [0, 0.1) is 10.1 Å². The molecule has 2 unspecified atom stereocenters. The van der Waals surface area contributed by atoms with Gasteiger partial charge in [-0.15, -0.1) is 0 Å². The quantitative estimate of drug-likeness (QED) is 0.563. The van der Waals surface area contributed by atoms with Crippen LogP contribution in [0.5, 0.6) is 0 Å². The van der Waals surface area contributed by atoms with Gasteiger partial charge in [-0.25, -0.2) is 0 Å². The lowest BCUT2D eigenvalue weighted by Crippen LogP contribution is -2.39. The van der Waals surface area contributed by atoms with Crippen LogP contribution in [0.15, 0.2) is 24.3 Å². The van der Waals surface area contributed by atoms with Crippen LogP contribution in [-0.4, -0.2) is 35.9 Å². The van der Waals surface area contributed by atoms with Crippen LogP contribution in [-0.2, 0) is 4.74 Å². The van der Waals surface area contributed by atoms with Gasteiger partial charge in [-0.2, -0.15) is 0 Å². The Morgan fingerprint density at radius 2 is 2.15 bits per heavy atom. The Balaban J connectivity index is 2.68. The Kier molecular flexibility index (Phi) is 6.06. The first kappa shape index (κ1) is 16.6. The number of hydrogen-bond donors (Lipinski definition) is 2. The van der Waals surface area contributed by atoms with Crippen LogP contribution >= 0.6 is 0 Å². The topological polar surface area (TPSA) is 84.6 Å². The molecule has 0 fully saturated rings. The summed E-state index contributed by atoms with van der Waals surface area (Å²) >= 11 is 0. The third kappa shape index (κ3) is 4.88. The summed E-state index contributed by atoms with van der Waals surface area (Å²) < 4.78 is 4.94. The lowest BCUT2D eigenvalue weighted by Gasteiger charge is -2.25. The molecule has 20 heavy (non-hydrogen) atoms. The van der Waals surface area contributed by atoms with Gasteiger partial charge in [0.2, 0.25) is 0 Å². The van der Waals surface area contributed by atoms with E-state index in [9.17, 15) is 15.2 Å². The molecule has 0 aliphatic rings. The molecule has 0 amide bonds. The highest BCUT2D eigenvalue weighted by molar-refractivity contribution is 5.41. The van der Waals surface area contributed by atoms with Crippen molar-refractivity contribution in [3.05, 3.63) is 39.9 Å². The van der Waals surface area contributed by atoms with Gasteiger partial charge in [0.15, 0.2) is 0 Å². The number of benzene rings is 1. The maximum absolute atomic E-state index is 11.0. The number of ether oxygens (including phenoxy) is 1. The third-order valence-corrected chi connectivity index (χ3v) is 3.23. The third-order valence-electron chi connectivity index (χ3n) is 3.23. The van der Waals surface area contributed by atoms with Crippen molar-refractivity contribution in [2.24, 2.45) is 0 Å². The van der Waals surface area contributed by atoms with Gasteiger partial charge in [-0.1, -0.05) is 18.2 Å². The minimum Gasteiger partial charge on any atom is -0.389 e. The second-order valence-electron chi connectivity index (χ2n) is 5.16. The van der Waals surface area contributed by atoms with Gasteiger partial charge in [-0.3, -0.25) is 10.1 Å². The maximum atomic E-state index is 11.0. The molecule has 0 saturated carbocycles. The molecular weight excluding hydrogens is 260 g/mol. The molecule has 0 heterocycles. The predicted octanol–water partition coefficient (Wildman–Crippen LogP) is 2.03. The summed E-state index contributed by atoms with van der Waals surface area (Å²) in [6, 6.07) is 6.40. The van der Waals surface area contributed by atoms with Crippen molar-refractivity contribution in [3.63, 3.8) is 0 Å². The first-order valence-corrected chi connectivity index (χ1v) is 6.55.